The number of rotatable bonds is 4. The molecule has 78 valence electrons. The quantitative estimate of drug-likeness (QED) is 0.832. The summed E-state index contributed by atoms with van der Waals surface area (Å²) >= 11 is 1.50. The lowest BCUT2D eigenvalue weighted by Crippen LogP contribution is -2.11. The molecule has 14 heavy (non-hydrogen) atoms. The van der Waals surface area contributed by atoms with Gasteiger partial charge in [0.25, 0.3) is 0 Å². The van der Waals surface area contributed by atoms with E-state index in [1.54, 1.807) is 0 Å². The van der Waals surface area contributed by atoms with E-state index < -0.39 is 0 Å². The van der Waals surface area contributed by atoms with Crippen LogP contribution in [-0.4, -0.2) is 15.9 Å². The molecule has 1 aromatic rings. The molecule has 3 nitrogen and oxygen atoms in total. The zero-order valence-electron chi connectivity index (χ0n) is 8.79. The van der Waals surface area contributed by atoms with Gasteiger partial charge < -0.3 is 5.32 Å². The lowest BCUT2D eigenvalue weighted by atomic mass is 9.85. The van der Waals surface area contributed by atoms with Crippen molar-refractivity contribution in [1.29, 1.82) is 0 Å². The maximum Gasteiger partial charge on any atom is 0.202 e. The molecular weight excluding hydrogens is 194 g/mol. The number of aromatic nitrogens is 2. The fraction of sp³-hybridized carbons (Fsp3) is 0.800. The largest absolute Gasteiger partial charge is 0.360 e. The Kier molecular flexibility index (Phi) is 3.01. The molecule has 0 atom stereocenters. The number of nitrogens with one attached hydrogen (secondary N) is 1. The van der Waals surface area contributed by atoms with E-state index in [9.17, 15) is 0 Å². The molecule has 0 spiro atoms. The van der Waals surface area contributed by atoms with Crippen molar-refractivity contribution in [1.82, 2.24) is 9.36 Å². The molecule has 0 bridgehead atoms. The second kappa shape index (κ2) is 4.26. The van der Waals surface area contributed by atoms with Crippen molar-refractivity contribution in [2.45, 2.75) is 39.0 Å². The van der Waals surface area contributed by atoms with Crippen LogP contribution in [0.4, 0.5) is 5.13 Å². The molecule has 4 heteroatoms. The molecule has 0 aromatic carbocycles. The number of hydrogen-bond donors (Lipinski definition) is 1. The van der Waals surface area contributed by atoms with E-state index in [0.717, 1.165) is 17.5 Å². The molecule has 1 heterocycles. The van der Waals surface area contributed by atoms with E-state index in [2.05, 4.69) is 28.5 Å². The molecule has 0 radical (unpaired) electrons. The summed E-state index contributed by atoms with van der Waals surface area (Å²) in [4.78, 5) is 4.50. The van der Waals surface area contributed by atoms with Crippen molar-refractivity contribution in [2.75, 3.05) is 11.9 Å². The van der Waals surface area contributed by atoms with Crippen LogP contribution >= 0.6 is 11.5 Å². The van der Waals surface area contributed by atoms with Crippen LogP contribution < -0.4 is 5.32 Å². The van der Waals surface area contributed by atoms with Crippen molar-refractivity contribution >= 4 is 16.7 Å². The standard InChI is InChI=1S/C10H17N3S/c1-7(2)6-11-10-12-9(13-14-10)8-4-3-5-8/h7-8H,3-6H2,1-2H3,(H,11,12,13). The summed E-state index contributed by atoms with van der Waals surface area (Å²) in [6.45, 7) is 5.38. The van der Waals surface area contributed by atoms with E-state index in [-0.39, 0.29) is 0 Å². The van der Waals surface area contributed by atoms with Gasteiger partial charge in [0.1, 0.15) is 5.82 Å². The minimum absolute atomic E-state index is 0.654. The molecule has 2 rings (SSSR count). The monoisotopic (exact) mass is 211 g/mol. The van der Waals surface area contributed by atoms with Gasteiger partial charge in [0.2, 0.25) is 5.13 Å². The topological polar surface area (TPSA) is 37.8 Å². The Labute approximate surface area is 89.1 Å². The van der Waals surface area contributed by atoms with Crippen LogP contribution in [0.3, 0.4) is 0 Å². The highest BCUT2D eigenvalue weighted by molar-refractivity contribution is 7.09. The summed E-state index contributed by atoms with van der Waals surface area (Å²) in [6, 6.07) is 0. The molecule has 0 saturated heterocycles. The van der Waals surface area contributed by atoms with Gasteiger partial charge in [0.15, 0.2) is 0 Å². The second-order valence-corrected chi connectivity index (χ2v) is 5.11. The highest BCUT2D eigenvalue weighted by Crippen LogP contribution is 2.35. The summed E-state index contributed by atoms with van der Waals surface area (Å²) in [5.41, 5.74) is 0. The van der Waals surface area contributed by atoms with Gasteiger partial charge in [-0.05, 0) is 18.8 Å². The van der Waals surface area contributed by atoms with Crippen molar-refractivity contribution < 1.29 is 0 Å². The average molecular weight is 211 g/mol. The molecule has 1 aliphatic rings. The van der Waals surface area contributed by atoms with Crippen LogP contribution in [0.15, 0.2) is 0 Å². The summed E-state index contributed by atoms with van der Waals surface area (Å²) in [6.07, 6.45) is 3.90. The van der Waals surface area contributed by atoms with Crippen molar-refractivity contribution in [3.63, 3.8) is 0 Å². The van der Waals surface area contributed by atoms with Crippen molar-refractivity contribution in [2.24, 2.45) is 5.92 Å². The Hall–Kier alpha value is -0.640. The molecule has 0 unspecified atom stereocenters. The van der Waals surface area contributed by atoms with Gasteiger partial charge in [-0.2, -0.15) is 4.37 Å². The molecule has 1 fully saturated rings. The van der Waals surface area contributed by atoms with Crippen molar-refractivity contribution in [3.8, 4) is 0 Å². The third-order valence-electron chi connectivity index (χ3n) is 2.57. The molecule has 1 aliphatic carbocycles. The first kappa shape index (κ1) is 9.90. The fourth-order valence-electron chi connectivity index (χ4n) is 1.43. The molecular formula is C10H17N3S. The van der Waals surface area contributed by atoms with Gasteiger partial charge >= 0.3 is 0 Å². The van der Waals surface area contributed by atoms with E-state index in [1.165, 1.54) is 30.8 Å². The number of anilines is 1. The van der Waals surface area contributed by atoms with Crippen LogP contribution in [0.5, 0.6) is 0 Å². The van der Waals surface area contributed by atoms with Crippen LogP contribution in [0, 0.1) is 5.92 Å². The smallest absolute Gasteiger partial charge is 0.202 e. The number of nitrogens with zero attached hydrogens (tertiary/aromatic N) is 2. The Morgan fingerprint density at radius 2 is 2.29 bits per heavy atom. The minimum Gasteiger partial charge on any atom is -0.360 e. The SMILES string of the molecule is CC(C)CNc1nc(C2CCC2)ns1. The first-order valence-electron chi connectivity index (χ1n) is 5.33. The van der Waals surface area contributed by atoms with Gasteiger partial charge in [-0.15, -0.1) is 0 Å². The fourth-order valence-corrected chi connectivity index (χ4v) is 2.08. The first-order chi connectivity index (χ1) is 6.75. The molecule has 1 N–H and O–H groups in total. The predicted octanol–water partition coefficient (Wildman–Crippen LogP) is 2.87. The highest BCUT2D eigenvalue weighted by Gasteiger charge is 2.23. The number of hydrogen-bond acceptors (Lipinski definition) is 4. The Morgan fingerprint density at radius 3 is 2.86 bits per heavy atom. The third kappa shape index (κ3) is 2.23. The first-order valence-corrected chi connectivity index (χ1v) is 6.10. The summed E-state index contributed by atoms with van der Waals surface area (Å²) in [5, 5.41) is 4.30. The van der Waals surface area contributed by atoms with E-state index in [1.807, 2.05) is 0 Å². The molecule has 0 amide bonds. The Morgan fingerprint density at radius 1 is 1.50 bits per heavy atom. The van der Waals surface area contributed by atoms with Crippen LogP contribution in [0.25, 0.3) is 0 Å². The summed E-state index contributed by atoms with van der Waals surface area (Å²) < 4.78 is 4.38. The molecule has 1 aromatic heterocycles. The average Bonchev–Trinajstić information content (AvgIpc) is 2.46. The lowest BCUT2D eigenvalue weighted by molar-refractivity contribution is 0.405. The van der Waals surface area contributed by atoms with Gasteiger partial charge in [-0.1, -0.05) is 20.3 Å². The Bertz CT molecular complexity index is 291. The van der Waals surface area contributed by atoms with Gasteiger partial charge in [0, 0.05) is 24.0 Å². The Balaban J connectivity index is 1.89. The zero-order valence-corrected chi connectivity index (χ0v) is 9.60. The minimum atomic E-state index is 0.654. The normalized spacial score (nSPS) is 17.1. The van der Waals surface area contributed by atoms with E-state index in [4.69, 9.17) is 0 Å². The summed E-state index contributed by atoms with van der Waals surface area (Å²) in [5.74, 6) is 2.37. The van der Waals surface area contributed by atoms with Gasteiger partial charge in [0.05, 0.1) is 0 Å². The highest BCUT2D eigenvalue weighted by atomic mass is 32.1. The zero-order chi connectivity index (χ0) is 9.97. The van der Waals surface area contributed by atoms with E-state index in [0.29, 0.717) is 11.8 Å². The van der Waals surface area contributed by atoms with E-state index >= 15 is 0 Å². The van der Waals surface area contributed by atoms with Gasteiger partial charge in [-0.25, -0.2) is 4.98 Å². The second-order valence-electron chi connectivity index (χ2n) is 4.36. The third-order valence-corrected chi connectivity index (χ3v) is 3.26. The molecule has 1 saturated carbocycles. The predicted molar refractivity (Wildman–Crippen MR) is 59.8 cm³/mol. The summed E-state index contributed by atoms with van der Waals surface area (Å²) in [7, 11) is 0. The van der Waals surface area contributed by atoms with Crippen LogP contribution in [0.2, 0.25) is 0 Å². The lowest BCUT2D eigenvalue weighted by Gasteiger charge is -2.21. The molecule has 0 aliphatic heterocycles. The maximum atomic E-state index is 4.50. The van der Waals surface area contributed by atoms with Crippen LogP contribution in [-0.2, 0) is 0 Å². The maximum absolute atomic E-state index is 4.50. The van der Waals surface area contributed by atoms with Crippen molar-refractivity contribution in [3.05, 3.63) is 5.82 Å². The van der Waals surface area contributed by atoms with Gasteiger partial charge in [-0.3, -0.25) is 0 Å². The van der Waals surface area contributed by atoms with Crippen LogP contribution in [0.1, 0.15) is 44.9 Å².